The molecule has 0 unspecified atom stereocenters. The first-order chi connectivity index (χ1) is 7.66. The molecule has 0 spiro atoms. The lowest BCUT2D eigenvalue weighted by Gasteiger charge is -2.09. The van der Waals surface area contributed by atoms with Gasteiger partial charge in [0.05, 0.1) is 6.54 Å². The summed E-state index contributed by atoms with van der Waals surface area (Å²) in [5.74, 6) is 0.768. The molecule has 0 radical (unpaired) electrons. The summed E-state index contributed by atoms with van der Waals surface area (Å²) >= 11 is 5.70. The van der Waals surface area contributed by atoms with Crippen molar-refractivity contribution in [3.8, 4) is 0 Å². The SMILES string of the molecule is FC(F)c1cc(Cl)ccc1CC1=NCCN1. The molecule has 0 atom stereocenters. The Morgan fingerprint density at radius 1 is 1.44 bits per heavy atom. The van der Waals surface area contributed by atoms with Crippen LogP contribution < -0.4 is 5.32 Å². The second-order valence-corrected chi connectivity index (χ2v) is 4.01. The monoisotopic (exact) mass is 244 g/mol. The molecular formula is C11H11ClF2N2. The molecule has 0 saturated carbocycles. The van der Waals surface area contributed by atoms with E-state index in [0.29, 0.717) is 23.6 Å². The molecule has 16 heavy (non-hydrogen) atoms. The van der Waals surface area contributed by atoms with Gasteiger partial charge in [0, 0.05) is 23.6 Å². The molecule has 2 rings (SSSR count). The molecule has 5 heteroatoms. The van der Waals surface area contributed by atoms with Crippen LogP contribution in [0.5, 0.6) is 0 Å². The molecule has 0 fully saturated rings. The van der Waals surface area contributed by atoms with Gasteiger partial charge in [-0.15, -0.1) is 0 Å². The third-order valence-corrected chi connectivity index (χ3v) is 2.68. The Morgan fingerprint density at radius 2 is 2.25 bits per heavy atom. The maximum Gasteiger partial charge on any atom is 0.264 e. The van der Waals surface area contributed by atoms with Crippen molar-refractivity contribution in [3.05, 3.63) is 34.3 Å². The van der Waals surface area contributed by atoms with Gasteiger partial charge in [-0.1, -0.05) is 17.7 Å². The summed E-state index contributed by atoms with van der Waals surface area (Å²) in [6, 6.07) is 4.57. The van der Waals surface area contributed by atoms with E-state index < -0.39 is 6.43 Å². The number of rotatable bonds is 3. The Hall–Kier alpha value is -1.16. The smallest absolute Gasteiger partial charge is 0.264 e. The van der Waals surface area contributed by atoms with E-state index in [2.05, 4.69) is 10.3 Å². The van der Waals surface area contributed by atoms with Gasteiger partial charge in [-0.2, -0.15) is 0 Å². The van der Waals surface area contributed by atoms with Gasteiger partial charge >= 0.3 is 0 Å². The highest BCUT2D eigenvalue weighted by atomic mass is 35.5. The number of benzene rings is 1. The van der Waals surface area contributed by atoms with Gasteiger partial charge in [-0.3, -0.25) is 4.99 Å². The highest BCUT2D eigenvalue weighted by Crippen LogP contribution is 2.26. The zero-order valence-electron chi connectivity index (χ0n) is 8.51. The van der Waals surface area contributed by atoms with Crippen molar-refractivity contribution < 1.29 is 8.78 Å². The Bertz CT molecular complexity index is 418. The fourth-order valence-electron chi connectivity index (χ4n) is 1.68. The molecular weight excluding hydrogens is 234 g/mol. The Kier molecular flexibility index (Phi) is 3.39. The lowest BCUT2D eigenvalue weighted by Crippen LogP contribution is -2.21. The standard InChI is InChI=1S/C11H11ClF2N2/c12-8-2-1-7(9(6-8)11(13)14)5-10-15-3-4-16-10/h1-2,6,11H,3-5H2,(H,15,16). The Morgan fingerprint density at radius 3 is 2.88 bits per heavy atom. The van der Waals surface area contributed by atoms with Crippen molar-refractivity contribution in [1.29, 1.82) is 0 Å². The van der Waals surface area contributed by atoms with Crippen molar-refractivity contribution >= 4 is 17.4 Å². The zero-order valence-corrected chi connectivity index (χ0v) is 9.27. The first-order valence-electron chi connectivity index (χ1n) is 5.00. The van der Waals surface area contributed by atoms with E-state index in [9.17, 15) is 8.78 Å². The highest BCUT2D eigenvalue weighted by molar-refractivity contribution is 6.30. The summed E-state index contributed by atoms with van der Waals surface area (Å²) in [6.07, 6.45) is -2.09. The van der Waals surface area contributed by atoms with Gasteiger partial charge in [0.2, 0.25) is 0 Å². The lowest BCUT2D eigenvalue weighted by molar-refractivity contribution is 0.150. The molecule has 86 valence electrons. The number of halogens is 3. The average Bonchev–Trinajstić information content (AvgIpc) is 2.73. The van der Waals surface area contributed by atoms with E-state index >= 15 is 0 Å². The molecule has 1 aliphatic heterocycles. The first-order valence-corrected chi connectivity index (χ1v) is 5.38. The molecule has 1 N–H and O–H groups in total. The lowest BCUT2D eigenvalue weighted by atomic mass is 10.0. The number of nitrogens with one attached hydrogen (secondary N) is 1. The van der Waals surface area contributed by atoms with Gasteiger partial charge in [0.15, 0.2) is 0 Å². The molecule has 1 aliphatic rings. The highest BCUT2D eigenvalue weighted by Gasteiger charge is 2.16. The number of hydrogen-bond donors (Lipinski definition) is 1. The number of nitrogens with zero attached hydrogens (tertiary/aromatic N) is 1. The summed E-state index contributed by atoms with van der Waals surface area (Å²) in [6.45, 7) is 1.50. The predicted molar refractivity (Wildman–Crippen MR) is 60.4 cm³/mol. The number of amidine groups is 1. The summed E-state index contributed by atoms with van der Waals surface area (Å²) in [4.78, 5) is 4.18. The van der Waals surface area contributed by atoms with Gasteiger partial charge in [-0.25, -0.2) is 8.78 Å². The quantitative estimate of drug-likeness (QED) is 0.869. The van der Waals surface area contributed by atoms with E-state index in [0.717, 1.165) is 12.4 Å². The molecule has 0 aliphatic carbocycles. The Balaban J connectivity index is 2.25. The molecule has 0 amide bonds. The largest absolute Gasteiger partial charge is 0.372 e. The van der Waals surface area contributed by atoms with Crippen LogP contribution in [0.25, 0.3) is 0 Å². The van der Waals surface area contributed by atoms with Crippen LogP contribution in [0.15, 0.2) is 23.2 Å². The van der Waals surface area contributed by atoms with Crippen LogP contribution in [-0.2, 0) is 6.42 Å². The van der Waals surface area contributed by atoms with E-state index in [1.54, 1.807) is 12.1 Å². The van der Waals surface area contributed by atoms with Crippen LogP contribution in [-0.4, -0.2) is 18.9 Å². The molecule has 1 aromatic rings. The normalized spacial score (nSPS) is 15.1. The van der Waals surface area contributed by atoms with Gasteiger partial charge in [0.1, 0.15) is 5.84 Å². The minimum atomic E-state index is -2.50. The van der Waals surface area contributed by atoms with Gasteiger partial charge < -0.3 is 5.32 Å². The minimum absolute atomic E-state index is 0.0103. The third-order valence-electron chi connectivity index (χ3n) is 2.44. The van der Waals surface area contributed by atoms with Crippen LogP contribution in [0.2, 0.25) is 5.02 Å². The molecule has 0 bridgehead atoms. The summed E-state index contributed by atoms with van der Waals surface area (Å²) in [7, 11) is 0. The van der Waals surface area contributed by atoms with Gasteiger partial charge in [0.25, 0.3) is 6.43 Å². The number of hydrogen-bond acceptors (Lipinski definition) is 2. The second kappa shape index (κ2) is 4.78. The fourth-order valence-corrected chi connectivity index (χ4v) is 1.86. The molecule has 2 nitrogen and oxygen atoms in total. The maximum atomic E-state index is 12.8. The maximum absolute atomic E-state index is 12.8. The van der Waals surface area contributed by atoms with Crippen LogP contribution in [0, 0.1) is 0 Å². The summed E-state index contributed by atoms with van der Waals surface area (Å²) < 4.78 is 25.5. The fraction of sp³-hybridized carbons (Fsp3) is 0.364. The molecule has 0 saturated heterocycles. The second-order valence-electron chi connectivity index (χ2n) is 3.58. The average molecular weight is 245 g/mol. The third kappa shape index (κ3) is 2.50. The predicted octanol–water partition coefficient (Wildman–Crippen LogP) is 2.82. The number of alkyl halides is 2. The van der Waals surface area contributed by atoms with Crippen molar-refractivity contribution in [3.63, 3.8) is 0 Å². The van der Waals surface area contributed by atoms with E-state index in [4.69, 9.17) is 11.6 Å². The summed E-state index contributed by atoms with van der Waals surface area (Å²) in [5.41, 5.74) is 0.566. The van der Waals surface area contributed by atoms with Crippen molar-refractivity contribution in [2.75, 3.05) is 13.1 Å². The van der Waals surface area contributed by atoms with Crippen LogP contribution >= 0.6 is 11.6 Å². The van der Waals surface area contributed by atoms with Gasteiger partial charge in [-0.05, 0) is 17.7 Å². The number of aliphatic imine (C=N–C) groups is 1. The Labute approximate surface area is 97.3 Å². The van der Waals surface area contributed by atoms with E-state index in [1.807, 2.05) is 0 Å². The van der Waals surface area contributed by atoms with Crippen LogP contribution in [0.4, 0.5) is 8.78 Å². The van der Waals surface area contributed by atoms with Crippen LogP contribution in [0.1, 0.15) is 17.6 Å². The van der Waals surface area contributed by atoms with Crippen LogP contribution in [0.3, 0.4) is 0 Å². The minimum Gasteiger partial charge on any atom is -0.372 e. The van der Waals surface area contributed by atoms with Crippen molar-refractivity contribution in [2.45, 2.75) is 12.8 Å². The first kappa shape index (κ1) is 11.3. The zero-order chi connectivity index (χ0) is 11.5. The molecule has 0 aromatic heterocycles. The molecule has 1 heterocycles. The topological polar surface area (TPSA) is 24.4 Å². The summed E-state index contributed by atoms with van der Waals surface area (Å²) in [5, 5.41) is 3.39. The van der Waals surface area contributed by atoms with Crippen molar-refractivity contribution in [2.24, 2.45) is 4.99 Å². The van der Waals surface area contributed by atoms with E-state index in [-0.39, 0.29) is 5.56 Å². The molecule has 1 aromatic carbocycles. The van der Waals surface area contributed by atoms with E-state index in [1.165, 1.54) is 6.07 Å². The van der Waals surface area contributed by atoms with Crippen molar-refractivity contribution in [1.82, 2.24) is 5.32 Å².